The van der Waals surface area contributed by atoms with Crippen molar-refractivity contribution >= 4 is 17.3 Å². The highest BCUT2D eigenvalue weighted by Gasteiger charge is 2.25. The molecule has 1 saturated heterocycles. The van der Waals surface area contributed by atoms with Crippen LogP contribution >= 0.6 is 12.2 Å². The van der Waals surface area contributed by atoms with Crippen molar-refractivity contribution in [2.45, 2.75) is 6.29 Å². The Hall–Kier alpha value is -1.82. The number of ether oxygens (including phenoxy) is 3. The third-order valence-electron chi connectivity index (χ3n) is 3.52. The maximum Gasteiger partial charge on any atom is 0.191 e. The topological polar surface area (TPSA) is 27.7 Å². The Bertz CT molecular complexity index is 696. The van der Waals surface area contributed by atoms with E-state index in [1.807, 2.05) is 24.3 Å². The van der Waals surface area contributed by atoms with E-state index in [2.05, 4.69) is 0 Å². The van der Waals surface area contributed by atoms with E-state index in [1.54, 1.807) is 12.1 Å². The molecule has 0 amide bonds. The van der Waals surface area contributed by atoms with E-state index in [1.165, 1.54) is 13.2 Å². The number of benzene rings is 2. The second-order valence-electron chi connectivity index (χ2n) is 4.81. The SMILES string of the molecule is COC(=S)c1ccccc1-c1c(F)cccc1C1OCCO1. The van der Waals surface area contributed by atoms with Crippen LogP contribution in [-0.2, 0) is 14.2 Å². The maximum absolute atomic E-state index is 14.5. The van der Waals surface area contributed by atoms with Crippen molar-refractivity contribution < 1.29 is 18.6 Å². The lowest BCUT2D eigenvalue weighted by Crippen LogP contribution is -2.07. The predicted molar refractivity (Wildman–Crippen MR) is 85.2 cm³/mol. The molecule has 5 heteroatoms. The van der Waals surface area contributed by atoms with Crippen molar-refractivity contribution in [2.24, 2.45) is 0 Å². The highest BCUT2D eigenvalue weighted by Crippen LogP contribution is 2.36. The molecule has 0 spiro atoms. The standard InChI is InChI=1S/C17H15FO3S/c1-19-17(22)12-6-3-2-5-11(12)15-13(7-4-8-14(15)18)16-20-9-10-21-16/h2-8,16H,9-10H2,1H3. The largest absolute Gasteiger partial charge is 0.486 e. The normalized spacial score (nSPS) is 15.0. The zero-order valence-corrected chi connectivity index (χ0v) is 12.9. The molecule has 1 aliphatic heterocycles. The van der Waals surface area contributed by atoms with Crippen molar-refractivity contribution in [3.63, 3.8) is 0 Å². The van der Waals surface area contributed by atoms with Crippen molar-refractivity contribution in [1.82, 2.24) is 0 Å². The fraction of sp³-hybridized carbons (Fsp3) is 0.235. The molecular formula is C17H15FO3S. The second-order valence-corrected chi connectivity index (χ2v) is 5.19. The van der Waals surface area contributed by atoms with Crippen LogP contribution in [0.25, 0.3) is 11.1 Å². The Balaban J connectivity index is 2.18. The molecule has 3 nitrogen and oxygen atoms in total. The van der Waals surface area contributed by atoms with Crippen LogP contribution < -0.4 is 0 Å². The van der Waals surface area contributed by atoms with Gasteiger partial charge in [0.1, 0.15) is 5.82 Å². The molecule has 0 aromatic heterocycles. The van der Waals surface area contributed by atoms with Crippen LogP contribution in [0.5, 0.6) is 0 Å². The van der Waals surface area contributed by atoms with Gasteiger partial charge < -0.3 is 14.2 Å². The maximum atomic E-state index is 14.5. The van der Waals surface area contributed by atoms with Crippen LogP contribution in [0.1, 0.15) is 17.4 Å². The van der Waals surface area contributed by atoms with Gasteiger partial charge in [-0.2, -0.15) is 0 Å². The Kier molecular flexibility index (Phi) is 4.47. The zero-order chi connectivity index (χ0) is 15.5. The summed E-state index contributed by atoms with van der Waals surface area (Å²) in [6.07, 6.45) is -0.560. The van der Waals surface area contributed by atoms with Crippen LogP contribution in [0.4, 0.5) is 4.39 Å². The summed E-state index contributed by atoms with van der Waals surface area (Å²) in [5.74, 6) is -0.344. The highest BCUT2D eigenvalue weighted by molar-refractivity contribution is 7.80. The van der Waals surface area contributed by atoms with Crippen molar-refractivity contribution in [3.8, 4) is 11.1 Å². The van der Waals surface area contributed by atoms with Crippen molar-refractivity contribution in [2.75, 3.05) is 20.3 Å². The Morgan fingerprint density at radius 1 is 1.14 bits per heavy atom. The van der Waals surface area contributed by atoms with Gasteiger partial charge in [0, 0.05) is 16.7 Å². The average molecular weight is 318 g/mol. The van der Waals surface area contributed by atoms with Gasteiger partial charge in [0.15, 0.2) is 11.3 Å². The predicted octanol–water partition coefficient (Wildman–Crippen LogP) is 3.86. The minimum Gasteiger partial charge on any atom is -0.486 e. The van der Waals surface area contributed by atoms with Gasteiger partial charge in [0.25, 0.3) is 0 Å². The summed E-state index contributed by atoms with van der Waals surface area (Å²) in [5, 5.41) is 0.318. The number of thiocarbonyl (C=S) groups is 1. The Labute approximate surface area is 133 Å². The van der Waals surface area contributed by atoms with Gasteiger partial charge in [-0.05, 0) is 29.9 Å². The first-order valence-corrected chi connectivity index (χ1v) is 7.32. The molecule has 2 aromatic carbocycles. The fourth-order valence-electron chi connectivity index (χ4n) is 2.55. The van der Waals surface area contributed by atoms with Gasteiger partial charge in [0.05, 0.1) is 20.3 Å². The first-order valence-electron chi connectivity index (χ1n) is 6.91. The molecule has 0 radical (unpaired) electrons. The molecule has 1 fully saturated rings. The molecule has 0 atom stereocenters. The smallest absolute Gasteiger partial charge is 0.191 e. The van der Waals surface area contributed by atoms with Gasteiger partial charge in [0.2, 0.25) is 0 Å². The van der Waals surface area contributed by atoms with Gasteiger partial charge in [-0.15, -0.1) is 0 Å². The monoisotopic (exact) mass is 318 g/mol. The number of methoxy groups -OCH3 is 1. The molecule has 3 rings (SSSR count). The number of rotatable bonds is 3. The second kappa shape index (κ2) is 6.52. The van der Waals surface area contributed by atoms with Crippen LogP contribution in [0.3, 0.4) is 0 Å². The molecule has 114 valence electrons. The summed E-state index contributed by atoms with van der Waals surface area (Å²) in [5.41, 5.74) is 2.43. The van der Waals surface area contributed by atoms with E-state index in [0.717, 1.165) is 0 Å². The van der Waals surface area contributed by atoms with E-state index in [9.17, 15) is 4.39 Å². The van der Waals surface area contributed by atoms with Gasteiger partial charge >= 0.3 is 0 Å². The van der Waals surface area contributed by atoms with E-state index < -0.39 is 6.29 Å². The zero-order valence-electron chi connectivity index (χ0n) is 12.0. The summed E-state index contributed by atoms with van der Waals surface area (Å²) in [4.78, 5) is 0. The molecule has 0 aliphatic carbocycles. The lowest BCUT2D eigenvalue weighted by atomic mass is 9.94. The quantitative estimate of drug-likeness (QED) is 0.803. The lowest BCUT2D eigenvalue weighted by Gasteiger charge is -2.18. The van der Waals surface area contributed by atoms with Gasteiger partial charge in [-0.3, -0.25) is 0 Å². The van der Waals surface area contributed by atoms with Crippen molar-refractivity contribution in [1.29, 1.82) is 0 Å². The molecule has 0 unspecified atom stereocenters. The van der Waals surface area contributed by atoms with E-state index in [0.29, 0.717) is 40.5 Å². The summed E-state index contributed by atoms with van der Waals surface area (Å²) in [6, 6.07) is 12.2. The lowest BCUT2D eigenvalue weighted by molar-refractivity contribution is -0.0438. The first kappa shape index (κ1) is 15.1. The summed E-state index contributed by atoms with van der Waals surface area (Å²) < 4.78 is 30.8. The Morgan fingerprint density at radius 2 is 1.86 bits per heavy atom. The molecule has 0 bridgehead atoms. The van der Waals surface area contributed by atoms with E-state index >= 15 is 0 Å². The first-order chi connectivity index (χ1) is 10.7. The molecule has 1 aliphatic rings. The molecule has 22 heavy (non-hydrogen) atoms. The van der Waals surface area contributed by atoms with Gasteiger partial charge in [-0.1, -0.05) is 30.3 Å². The van der Waals surface area contributed by atoms with Crippen LogP contribution in [0.2, 0.25) is 0 Å². The molecule has 0 saturated carbocycles. The number of hydrogen-bond donors (Lipinski definition) is 0. The average Bonchev–Trinajstić information content (AvgIpc) is 3.08. The molecule has 0 N–H and O–H groups in total. The minimum absolute atomic E-state index is 0.318. The third kappa shape index (κ3) is 2.75. The third-order valence-corrected chi connectivity index (χ3v) is 3.91. The van der Waals surface area contributed by atoms with Crippen LogP contribution in [-0.4, -0.2) is 25.4 Å². The highest BCUT2D eigenvalue weighted by atomic mass is 32.1. The molecular weight excluding hydrogens is 303 g/mol. The Morgan fingerprint density at radius 3 is 2.59 bits per heavy atom. The van der Waals surface area contributed by atoms with Gasteiger partial charge in [-0.25, -0.2) is 4.39 Å². The summed E-state index contributed by atoms with van der Waals surface area (Å²) in [6.45, 7) is 0.998. The van der Waals surface area contributed by atoms with E-state index in [4.69, 9.17) is 26.4 Å². The minimum atomic E-state index is -0.560. The van der Waals surface area contributed by atoms with Crippen LogP contribution in [0, 0.1) is 5.82 Å². The van der Waals surface area contributed by atoms with Crippen LogP contribution in [0.15, 0.2) is 42.5 Å². The molecule has 2 aromatic rings. The summed E-state index contributed by atoms with van der Waals surface area (Å²) >= 11 is 5.22. The van der Waals surface area contributed by atoms with Crippen molar-refractivity contribution in [3.05, 3.63) is 59.4 Å². The molecule has 1 heterocycles. The van der Waals surface area contributed by atoms with E-state index in [-0.39, 0.29) is 5.82 Å². The number of hydrogen-bond acceptors (Lipinski definition) is 4. The fourth-order valence-corrected chi connectivity index (χ4v) is 2.73. The summed E-state index contributed by atoms with van der Waals surface area (Å²) in [7, 11) is 1.50. The number of halogens is 1.